The van der Waals surface area contributed by atoms with Gasteiger partial charge in [0.25, 0.3) is 0 Å². The van der Waals surface area contributed by atoms with Crippen molar-refractivity contribution in [1.82, 2.24) is 35.3 Å². The fourth-order valence-corrected chi connectivity index (χ4v) is 6.38. The highest BCUT2D eigenvalue weighted by Gasteiger charge is 2.27. The van der Waals surface area contributed by atoms with Gasteiger partial charge in [-0.2, -0.15) is 4.98 Å². The smallest absolute Gasteiger partial charge is 0.410 e. The first-order valence-electron chi connectivity index (χ1n) is 16.6. The SMILES string of the molecule is CC(C)(C)c1noc(C(=O)NCC2CCN(c3ncnc4[nH]c5cc(N6CCN(C(=O)OCc7ccccc7)CC6)ccc5c34)CC2)n1. The van der Waals surface area contributed by atoms with E-state index < -0.39 is 0 Å². The molecule has 2 aliphatic rings. The summed E-state index contributed by atoms with van der Waals surface area (Å²) in [6, 6.07) is 16.2. The molecule has 0 bridgehead atoms. The molecule has 13 nitrogen and oxygen atoms in total. The molecule has 48 heavy (non-hydrogen) atoms. The number of aromatic amines is 1. The number of benzene rings is 2. The average Bonchev–Trinajstić information content (AvgIpc) is 3.76. The van der Waals surface area contributed by atoms with Gasteiger partial charge in [0.05, 0.1) is 5.39 Å². The minimum Gasteiger partial charge on any atom is -0.445 e. The van der Waals surface area contributed by atoms with E-state index in [-0.39, 0.29) is 29.9 Å². The molecule has 2 amide bonds. The van der Waals surface area contributed by atoms with Crippen molar-refractivity contribution in [3.63, 3.8) is 0 Å². The van der Waals surface area contributed by atoms with Crippen LogP contribution in [0.25, 0.3) is 21.9 Å². The number of aromatic nitrogens is 5. The molecule has 0 saturated carbocycles. The van der Waals surface area contributed by atoms with Crippen molar-refractivity contribution in [2.45, 2.75) is 45.6 Å². The van der Waals surface area contributed by atoms with Gasteiger partial charge in [-0.05, 0) is 42.5 Å². The number of carbonyl (C=O) groups excluding carboxylic acids is 2. The Hall–Kier alpha value is -5.20. The van der Waals surface area contributed by atoms with Gasteiger partial charge in [-0.3, -0.25) is 4.79 Å². The number of fused-ring (bicyclic) bond motifs is 3. The summed E-state index contributed by atoms with van der Waals surface area (Å²) in [4.78, 5) is 48.7. The van der Waals surface area contributed by atoms with E-state index in [2.05, 4.69) is 53.4 Å². The predicted octanol–water partition coefficient (Wildman–Crippen LogP) is 4.90. The van der Waals surface area contributed by atoms with Crippen LogP contribution >= 0.6 is 0 Å². The third kappa shape index (κ3) is 6.62. The van der Waals surface area contributed by atoms with Crippen LogP contribution in [0, 0.1) is 5.92 Å². The fraction of sp³-hybridized carbons (Fsp3) is 0.429. The number of hydrogen-bond donors (Lipinski definition) is 2. The van der Waals surface area contributed by atoms with Crippen molar-refractivity contribution in [1.29, 1.82) is 0 Å². The Kier molecular flexibility index (Phi) is 8.59. The number of nitrogens with zero attached hydrogens (tertiary/aromatic N) is 7. The molecule has 3 aromatic heterocycles. The molecular weight excluding hydrogens is 610 g/mol. The molecule has 13 heteroatoms. The highest BCUT2D eigenvalue weighted by atomic mass is 16.6. The van der Waals surface area contributed by atoms with Gasteiger partial charge in [0.2, 0.25) is 0 Å². The Labute approximate surface area is 278 Å². The maximum absolute atomic E-state index is 12.6. The van der Waals surface area contributed by atoms with Crippen LogP contribution in [0.2, 0.25) is 0 Å². The van der Waals surface area contributed by atoms with E-state index in [0.29, 0.717) is 31.4 Å². The highest BCUT2D eigenvalue weighted by Crippen LogP contribution is 2.35. The topological polar surface area (TPSA) is 146 Å². The van der Waals surface area contributed by atoms with Gasteiger partial charge in [0.1, 0.15) is 24.4 Å². The van der Waals surface area contributed by atoms with E-state index in [0.717, 1.165) is 78.0 Å². The molecule has 2 aliphatic heterocycles. The van der Waals surface area contributed by atoms with Crippen molar-refractivity contribution in [2.24, 2.45) is 5.92 Å². The van der Waals surface area contributed by atoms with Crippen LogP contribution in [0.3, 0.4) is 0 Å². The molecule has 0 atom stereocenters. The number of anilines is 2. The zero-order valence-electron chi connectivity index (χ0n) is 27.6. The number of ether oxygens (including phenoxy) is 1. The van der Waals surface area contributed by atoms with Crippen LogP contribution in [-0.2, 0) is 16.8 Å². The number of hydrogen-bond acceptors (Lipinski definition) is 10. The Balaban J connectivity index is 0.955. The lowest BCUT2D eigenvalue weighted by atomic mass is 9.96. The molecule has 2 saturated heterocycles. The van der Waals surface area contributed by atoms with Gasteiger partial charge < -0.3 is 34.3 Å². The first-order valence-corrected chi connectivity index (χ1v) is 16.6. The molecule has 0 radical (unpaired) electrons. The van der Waals surface area contributed by atoms with Crippen molar-refractivity contribution in [3.05, 3.63) is 72.1 Å². The second-order valence-corrected chi connectivity index (χ2v) is 13.6. The first kappa shape index (κ1) is 31.4. The van der Waals surface area contributed by atoms with E-state index >= 15 is 0 Å². The number of H-pyrrole nitrogens is 1. The first-order chi connectivity index (χ1) is 23.2. The Morgan fingerprint density at radius 1 is 0.979 bits per heavy atom. The summed E-state index contributed by atoms with van der Waals surface area (Å²) in [6.45, 7) is 11.1. The standard InChI is InChI=1S/C35H41N9O4/c1-35(2,3)33-40-32(48-41-33)31(45)36-20-23-11-13-43(14-12-23)30-28-26-10-9-25(19-27(26)39-29(28)37-22-38-30)42-15-17-44(18-16-42)34(46)47-21-24-7-5-4-6-8-24/h4-10,19,22-23H,11-18,20-21H2,1-3H3,(H,36,45)(H,37,38,39). The molecule has 0 aliphatic carbocycles. The Morgan fingerprint density at radius 2 is 1.75 bits per heavy atom. The number of nitrogens with one attached hydrogen (secondary N) is 2. The van der Waals surface area contributed by atoms with Crippen molar-refractivity contribution < 1.29 is 18.8 Å². The number of rotatable bonds is 7. The molecule has 0 unspecified atom stereocenters. The highest BCUT2D eigenvalue weighted by molar-refractivity contribution is 6.11. The van der Waals surface area contributed by atoms with Gasteiger partial charge >= 0.3 is 17.9 Å². The quantitative estimate of drug-likeness (QED) is 0.249. The van der Waals surface area contributed by atoms with E-state index in [1.54, 1.807) is 11.2 Å². The second-order valence-electron chi connectivity index (χ2n) is 13.6. The van der Waals surface area contributed by atoms with Crippen LogP contribution in [0.4, 0.5) is 16.3 Å². The van der Waals surface area contributed by atoms with E-state index in [9.17, 15) is 9.59 Å². The number of piperazine rings is 1. The van der Waals surface area contributed by atoms with Crippen LogP contribution in [-0.4, -0.2) is 87.8 Å². The zero-order chi connectivity index (χ0) is 33.3. The molecule has 5 aromatic rings. The van der Waals surface area contributed by atoms with E-state index in [1.165, 1.54) is 0 Å². The normalized spacial score (nSPS) is 16.1. The molecule has 5 heterocycles. The average molecular weight is 652 g/mol. The molecule has 2 N–H and O–H groups in total. The molecule has 0 spiro atoms. The Morgan fingerprint density at radius 3 is 2.48 bits per heavy atom. The van der Waals surface area contributed by atoms with Crippen LogP contribution in [0.15, 0.2) is 59.4 Å². The minimum absolute atomic E-state index is 0.00437. The summed E-state index contributed by atoms with van der Waals surface area (Å²) in [5.41, 5.74) is 3.60. The van der Waals surface area contributed by atoms with Crippen molar-refractivity contribution in [3.8, 4) is 0 Å². The fourth-order valence-electron chi connectivity index (χ4n) is 6.38. The van der Waals surface area contributed by atoms with Gasteiger partial charge in [-0.25, -0.2) is 14.8 Å². The maximum atomic E-state index is 12.6. The van der Waals surface area contributed by atoms with Gasteiger partial charge in [0, 0.05) is 67.8 Å². The predicted molar refractivity (Wildman–Crippen MR) is 182 cm³/mol. The third-order valence-electron chi connectivity index (χ3n) is 9.22. The number of amides is 2. The monoisotopic (exact) mass is 651 g/mol. The van der Waals surface area contributed by atoms with Gasteiger partial charge in [-0.15, -0.1) is 0 Å². The second kappa shape index (κ2) is 13.1. The van der Waals surface area contributed by atoms with Crippen molar-refractivity contribution >= 4 is 45.4 Å². The Bertz CT molecular complexity index is 1900. The van der Waals surface area contributed by atoms with Crippen LogP contribution in [0.1, 0.15) is 55.7 Å². The summed E-state index contributed by atoms with van der Waals surface area (Å²) in [6.07, 6.45) is 3.18. The lowest BCUT2D eigenvalue weighted by Gasteiger charge is -2.35. The lowest BCUT2D eigenvalue weighted by Crippen LogP contribution is -2.48. The van der Waals surface area contributed by atoms with Crippen LogP contribution < -0.4 is 15.1 Å². The van der Waals surface area contributed by atoms with Gasteiger partial charge in [0.15, 0.2) is 5.82 Å². The zero-order valence-corrected chi connectivity index (χ0v) is 27.6. The summed E-state index contributed by atoms with van der Waals surface area (Å²) < 4.78 is 10.7. The maximum Gasteiger partial charge on any atom is 0.410 e. The third-order valence-corrected chi connectivity index (χ3v) is 9.22. The number of piperidine rings is 1. The minimum atomic E-state index is -0.334. The molecule has 2 aromatic carbocycles. The molecule has 7 rings (SSSR count). The van der Waals surface area contributed by atoms with Gasteiger partial charge in [-0.1, -0.05) is 56.3 Å². The molecule has 2 fully saturated rings. The van der Waals surface area contributed by atoms with Crippen molar-refractivity contribution in [2.75, 3.05) is 55.6 Å². The largest absolute Gasteiger partial charge is 0.445 e. The summed E-state index contributed by atoms with van der Waals surface area (Å²) in [5, 5.41) is 9.02. The summed E-state index contributed by atoms with van der Waals surface area (Å²) in [5.74, 6) is 1.44. The lowest BCUT2D eigenvalue weighted by molar-refractivity contribution is 0.0899. The summed E-state index contributed by atoms with van der Waals surface area (Å²) >= 11 is 0. The van der Waals surface area contributed by atoms with E-state index in [1.807, 2.05) is 51.1 Å². The number of carbonyl (C=O) groups is 2. The van der Waals surface area contributed by atoms with E-state index in [4.69, 9.17) is 14.2 Å². The van der Waals surface area contributed by atoms with Crippen LogP contribution in [0.5, 0.6) is 0 Å². The molecule has 250 valence electrons. The summed E-state index contributed by atoms with van der Waals surface area (Å²) in [7, 11) is 0. The molecular formula is C35H41N9O4.